The van der Waals surface area contributed by atoms with Crippen LogP contribution < -0.4 is 0 Å². The molecule has 1 aromatic carbocycles. The molecule has 0 saturated carbocycles. The number of aryl methyl sites for hydroxylation is 1. The van der Waals surface area contributed by atoms with Crippen molar-refractivity contribution in [2.45, 2.75) is 12.8 Å². The largest absolute Gasteiger partial charge is 0.340 e. The second-order valence-corrected chi connectivity index (χ2v) is 4.65. The number of hydrogen-bond donors (Lipinski definition) is 0. The van der Waals surface area contributed by atoms with E-state index in [0.717, 1.165) is 42.5 Å². The molecule has 0 unspecified atom stereocenters. The maximum absolute atomic E-state index is 12.3. The predicted molar refractivity (Wildman–Crippen MR) is 68.1 cm³/mol. The number of nitrogens with zero attached hydrogens (tertiary/aromatic N) is 2. The third-order valence-corrected chi connectivity index (χ3v) is 3.56. The molecule has 0 bridgehead atoms. The monoisotopic (exact) mass is 228 g/mol. The second-order valence-electron chi connectivity index (χ2n) is 4.65. The lowest BCUT2D eigenvalue weighted by Gasteiger charge is -2.15. The summed E-state index contributed by atoms with van der Waals surface area (Å²) >= 11 is 0. The van der Waals surface area contributed by atoms with Crippen LogP contribution in [0.5, 0.6) is 0 Å². The van der Waals surface area contributed by atoms with E-state index in [4.69, 9.17) is 0 Å². The molecule has 1 fully saturated rings. The Hall–Kier alpha value is -1.77. The number of hydrogen-bond acceptors (Lipinski definition) is 1. The van der Waals surface area contributed by atoms with Crippen LogP contribution in [0.4, 0.5) is 0 Å². The average Bonchev–Trinajstić information content (AvgIpc) is 2.97. The molecule has 0 atom stereocenters. The maximum Gasteiger partial charge on any atom is 0.270 e. The van der Waals surface area contributed by atoms with Gasteiger partial charge >= 0.3 is 0 Å². The molecule has 0 spiro atoms. The van der Waals surface area contributed by atoms with Crippen LogP contribution in [0.3, 0.4) is 0 Å². The number of rotatable bonds is 1. The molecule has 3 heteroatoms. The molecule has 17 heavy (non-hydrogen) atoms. The highest BCUT2D eigenvalue weighted by Crippen LogP contribution is 2.21. The summed E-state index contributed by atoms with van der Waals surface area (Å²) in [5.41, 5.74) is 1.92. The third-order valence-electron chi connectivity index (χ3n) is 3.56. The van der Waals surface area contributed by atoms with Crippen LogP contribution in [-0.4, -0.2) is 28.5 Å². The number of fused-ring (bicyclic) bond motifs is 1. The molecule has 0 aliphatic carbocycles. The minimum Gasteiger partial charge on any atom is -0.340 e. The van der Waals surface area contributed by atoms with Gasteiger partial charge in [0.1, 0.15) is 5.69 Å². The summed E-state index contributed by atoms with van der Waals surface area (Å²) in [5.74, 6) is 0.168. The van der Waals surface area contributed by atoms with Crippen molar-refractivity contribution < 1.29 is 4.79 Å². The standard InChI is InChI=1S/C14H16N2O/c1-15-12-7-3-2-6-11(12)10-13(15)14(17)16-8-4-5-9-16/h2-3,6-7,10H,4-5,8-9H2,1H3. The number of carbonyl (C=O) groups excluding carboxylic acids is 1. The van der Waals surface area contributed by atoms with Crippen molar-refractivity contribution in [3.05, 3.63) is 36.0 Å². The van der Waals surface area contributed by atoms with Gasteiger partial charge in [0.2, 0.25) is 0 Å². The van der Waals surface area contributed by atoms with Gasteiger partial charge in [0, 0.05) is 31.0 Å². The molecule has 3 nitrogen and oxygen atoms in total. The zero-order valence-corrected chi connectivity index (χ0v) is 10.0. The molecule has 2 aromatic rings. The fourth-order valence-electron chi connectivity index (χ4n) is 2.58. The fourth-order valence-corrected chi connectivity index (χ4v) is 2.58. The number of benzene rings is 1. The van der Waals surface area contributed by atoms with Crippen LogP contribution >= 0.6 is 0 Å². The summed E-state index contributed by atoms with van der Waals surface area (Å²) in [6.07, 6.45) is 2.27. The quantitative estimate of drug-likeness (QED) is 0.736. The number of amides is 1. The molecule has 2 heterocycles. The number of para-hydroxylation sites is 1. The van der Waals surface area contributed by atoms with Gasteiger partial charge in [-0.3, -0.25) is 4.79 Å². The Morgan fingerprint density at radius 1 is 1.18 bits per heavy atom. The van der Waals surface area contributed by atoms with Crippen molar-refractivity contribution >= 4 is 16.8 Å². The molecule has 1 amide bonds. The Labute approximate surface area is 101 Å². The zero-order valence-electron chi connectivity index (χ0n) is 10.0. The van der Waals surface area contributed by atoms with Gasteiger partial charge in [0.15, 0.2) is 0 Å². The third kappa shape index (κ3) is 1.62. The summed E-state index contributed by atoms with van der Waals surface area (Å²) in [6.45, 7) is 1.81. The second kappa shape index (κ2) is 3.91. The first-order valence-electron chi connectivity index (χ1n) is 6.11. The zero-order chi connectivity index (χ0) is 11.8. The highest BCUT2D eigenvalue weighted by Gasteiger charge is 2.22. The Morgan fingerprint density at radius 3 is 2.59 bits per heavy atom. The van der Waals surface area contributed by atoms with Gasteiger partial charge in [-0.15, -0.1) is 0 Å². The fraction of sp³-hybridized carbons (Fsp3) is 0.357. The van der Waals surface area contributed by atoms with E-state index in [1.807, 2.05) is 34.7 Å². The lowest BCUT2D eigenvalue weighted by molar-refractivity contribution is 0.0784. The first-order valence-corrected chi connectivity index (χ1v) is 6.11. The van der Waals surface area contributed by atoms with Crippen molar-refractivity contribution in [1.29, 1.82) is 0 Å². The average molecular weight is 228 g/mol. The normalized spacial score (nSPS) is 15.7. The molecule has 1 aliphatic heterocycles. The number of aromatic nitrogens is 1. The van der Waals surface area contributed by atoms with E-state index >= 15 is 0 Å². The van der Waals surface area contributed by atoms with Gasteiger partial charge < -0.3 is 9.47 Å². The summed E-state index contributed by atoms with van der Waals surface area (Å²) < 4.78 is 2.00. The molecule has 0 radical (unpaired) electrons. The molecule has 3 rings (SSSR count). The van der Waals surface area contributed by atoms with E-state index < -0.39 is 0 Å². The van der Waals surface area contributed by atoms with Gasteiger partial charge in [0.05, 0.1) is 0 Å². The van der Waals surface area contributed by atoms with Crippen LogP contribution in [0.15, 0.2) is 30.3 Å². The smallest absolute Gasteiger partial charge is 0.270 e. The van der Waals surface area contributed by atoms with Crippen LogP contribution in [-0.2, 0) is 7.05 Å². The Balaban J connectivity index is 2.05. The Morgan fingerprint density at radius 2 is 1.88 bits per heavy atom. The lowest BCUT2D eigenvalue weighted by atomic mass is 10.2. The maximum atomic E-state index is 12.3. The van der Waals surface area contributed by atoms with Gasteiger partial charge in [0.25, 0.3) is 5.91 Å². The van der Waals surface area contributed by atoms with E-state index in [2.05, 4.69) is 12.1 Å². The molecule has 1 aromatic heterocycles. The number of carbonyl (C=O) groups is 1. The minimum absolute atomic E-state index is 0.168. The van der Waals surface area contributed by atoms with Crippen LogP contribution in [0, 0.1) is 0 Å². The van der Waals surface area contributed by atoms with Gasteiger partial charge in [-0.2, -0.15) is 0 Å². The van der Waals surface area contributed by atoms with Crippen LogP contribution in [0.25, 0.3) is 10.9 Å². The molecule has 1 saturated heterocycles. The Bertz CT molecular complexity index is 565. The Kier molecular flexibility index (Phi) is 2.39. The van der Waals surface area contributed by atoms with Gasteiger partial charge in [-0.05, 0) is 25.0 Å². The molecule has 1 aliphatic rings. The highest BCUT2D eigenvalue weighted by molar-refractivity contribution is 5.98. The van der Waals surface area contributed by atoms with Crippen LogP contribution in [0.2, 0.25) is 0 Å². The summed E-state index contributed by atoms with van der Waals surface area (Å²) in [6, 6.07) is 10.1. The number of likely N-dealkylation sites (tertiary alicyclic amines) is 1. The summed E-state index contributed by atoms with van der Waals surface area (Å²) in [4.78, 5) is 14.3. The van der Waals surface area contributed by atoms with Crippen molar-refractivity contribution in [2.75, 3.05) is 13.1 Å². The first-order chi connectivity index (χ1) is 8.27. The topological polar surface area (TPSA) is 25.2 Å². The van der Waals surface area contributed by atoms with E-state index in [0.29, 0.717) is 0 Å². The lowest BCUT2D eigenvalue weighted by Crippen LogP contribution is -2.29. The minimum atomic E-state index is 0.168. The van der Waals surface area contributed by atoms with Gasteiger partial charge in [-0.1, -0.05) is 18.2 Å². The van der Waals surface area contributed by atoms with Crippen molar-refractivity contribution in [2.24, 2.45) is 7.05 Å². The SMILES string of the molecule is Cn1c(C(=O)N2CCCC2)cc2ccccc21. The van der Waals surface area contributed by atoms with E-state index in [-0.39, 0.29) is 5.91 Å². The van der Waals surface area contributed by atoms with Crippen molar-refractivity contribution in [3.8, 4) is 0 Å². The van der Waals surface area contributed by atoms with Crippen LogP contribution in [0.1, 0.15) is 23.3 Å². The van der Waals surface area contributed by atoms with Gasteiger partial charge in [-0.25, -0.2) is 0 Å². The van der Waals surface area contributed by atoms with Crippen molar-refractivity contribution in [1.82, 2.24) is 9.47 Å². The molecule has 88 valence electrons. The molecule has 0 N–H and O–H groups in total. The summed E-state index contributed by atoms with van der Waals surface area (Å²) in [7, 11) is 1.96. The highest BCUT2D eigenvalue weighted by atomic mass is 16.2. The first kappa shape index (κ1) is 10.4. The van der Waals surface area contributed by atoms with E-state index in [9.17, 15) is 4.79 Å². The predicted octanol–water partition coefficient (Wildman–Crippen LogP) is 2.41. The van der Waals surface area contributed by atoms with E-state index in [1.165, 1.54) is 0 Å². The van der Waals surface area contributed by atoms with Crippen molar-refractivity contribution in [3.63, 3.8) is 0 Å². The summed E-state index contributed by atoms with van der Waals surface area (Å²) in [5, 5.41) is 1.14. The molecular formula is C14H16N2O. The van der Waals surface area contributed by atoms with E-state index in [1.54, 1.807) is 0 Å². The molecular weight excluding hydrogens is 212 g/mol.